The quantitative estimate of drug-likeness (QED) is 0.512. The molecular weight excluding hydrogens is 192 g/mol. The lowest BCUT2D eigenvalue weighted by atomic mass is 10.6. The summed E-state index contributed by atoms with van der Waals surface area (Å²) in [5, 5.41) is 3.91. The number of halogens is 1. The van der Waals surface area contributed by atoms with E-state index in [0.717, 1.165) is 4.48 Å². The predicted molar refractivity (Wildman–Crippen MR) is 48.7 cm³/mol. The summed E-state index contributed by atoms with van der Waals surface area (Å²) in [5.74, 6) is 0. The van der Waals surface area contributed by atoms with Crippen LogP contribution in [0.3, 0.4) is 0 Å². The van der Waals surface area contributed by atoms with E-state index in [0.29, 0.717) is 0 Å². The highest BCUT2D eigenvalue weighted by Gasteiger charge is 1.92. The summed E-state index contributed by atoms with van der Waals surface area (Å²) >= 11 is 3.32. The lowest BCUT2D eigenvalue weighted by molar-refractivity contribution is 0.116. The zero-order valence-corrected chi connectivity index (χ0v) is 8.22. The van der Waals surface area contributed by atoms with Gasteiger partial charge in [-0.2, -0.15) is 0 Å². The van der Waals surface area contributed by atoms with Crippen molar-refractivity contribution in [2.45, 2.75) is 0 Å². The van der Waals surface area contributed by atoms with Gasteiger partial charge in [0.05, 0.1) is 0 Å². The van der Waals surface area contributed by atoms with Crippen molar-refractivity contribution in [1.82, 2.24) is 10.0 Å². The average molecular weight is 205 g/mol. The van der Waals surface area contributed by atoms with E-state index in [9.17, 15) is 0 Å². The normalized spacial score (nSPS) is 11.9. The number of hydrazine groups is 1. The molecule has 0 heterocycles. The second-order valence-corrected chi connectivity index (χ2v) is 3.05. The van der Waals surface area contributed by atoms with Crippen LogP contribution in [0.5, 0.6) is 0 Å². The van der Waals surface area contributed by atoms with Crippen LogP contribution in [0, 0.1) is 0 Å². The highest BCUT2D eigenvalue weighted by atomic mass is 79.9. The van der Waals surface area contributed by atoms with Crippen molar-refractivity contribution in [2.75, 3.05) is 21.1 Å². The Hall–Kier alpha value is -0.280. The average Bonchev–Trinajstić information content (AvgIpc) is 1.87. The molecule has 0 atom stereocenters. The SMILES string of the molecule is C=C/C(Br)=C\N(C)N(C)C. The van der Waals surface area contributed by atoms with Crippen molar-refractivity contribution in [3.8, 4) is 0 Å². The van der Waals surface area contributed by atoms with E-state index in [1.165, 1.54) is 0 Å². The molecule has 10 heavy (non-hydrogen) atoms. The maximum atomic E-state index is 3.61. The Kier molecular flexibility index (Phi) is 4.40. The van der Waals surface area contributed by atoms with Crippen LogP contribution >= 0.6 is 15.9 Å². The van der Waals surface area contributed by atoms with Gasteiger partial charge in [-0.15, -0.1) is 0 Å². The van der Waals surface area contributed by atoms with Crippen LogP contribution in [0.25, 0.3) is 0 Å². The van der Waals surface area contributed by atoms with Crippen LogP contribution in [0.15, 0.2) is 23.3 Å². The van der Waals surface area contributed by atoms with Crippen molar-refractivity contribution < 1.29 is 0 Å². The number of allylic oxidation sites excluding steroid dienone is 2. The van der Waals surface area contributed by atoms with Gasteiger partial charge in [-0.25, -0.2) is 5.01 Å². The highest BCUT2D eigenvalue weighted by Crippen LogP contribution is 2.06. The molecule has 0 N–H and O–H groups in total. The van der Waals surface area contributed by atoms with Gasteiger partial charge >= 0.3 is 0 Å². The van der Waals surface area contributed by atoms with Crippen molar-refractivity contribution >= 4 is 15.9 Å². The van der Waals surface area contributed by atoms with Gasteiger partial charge in [-0.3, -0.25) is 0 Å². The van der Waals surface area contributed by atoms with Crippen LogP contribution in [0.2, 0.25) is 0 Å². The van der Waals surface area contributed by atoms with Gasteiger partial charge in [0, 0.05) is 31.8 Å². The number of hydrogen-bond donors (Lipinski definition) is 0. The first kappa shape index (κ1) is 9.72. The standard InChI is InChI=1S/C7H13BrN2/c1-5-7(8)6-10(4)9(2)3/h5-6H,1H2,2-4H3/b7-6+. The van der Waals surface area contributed by atoms with E-state index in [1.54, 1.807) is 6.08 Å². The molecule has 0 spiro atoms. The Morgan fingerprint density at radius 1 is 1.40 bits per heavy atom. The van der Waals surface area contributed by atoms with Gasteiger partial charge in [0.25, 0.3) is 0 Å². The topological polar surface area (TPSA) is 6.48 Å². The molecule has 0 saturated carbocycles. The Morgan fingerprint density at radius 2 is 1.90 bits per heavy atom. The monoisotopic (exact) mass is 204 g/mol. The van der Waals surface area contributed by atoms with E-state index in [2.05, 4.69) is 22.5 Å². The molecule has 0 radical (unpaired) electrons. The summed E-state index contributed by atoms with van der Waals surface area (Å²) in [6, 6.07) is 0. The van der Waals surface area contributed by atoms with E-state index >= 15 is 0 Å². The molecule has 0 rings (SSSR count). The molecule has 0 unspecified atom stereocenters. The Morgan fingerprint density at radius 3 is 2.20 bits per heavy atom. The van der Waals surface area contributed by atoms with Gasteiger partial charge in [0.15, 0.2) is 0 Å². The van der Waals surface area contributed by atoms with Gasteiger partial charge < -0.3 is 5.01 Å². The van der Waals surface area contributed by atoms with Crippen molar-refractivity contribution in [3.63, 3.8) is 0 Å². The number of rotatable bonds is 3. The van der Waals surface area contributed by atoms with Crippen LogP contribution < -0.4 is 0 Å². The molecule has 0 saturated heterocycles. The zero-order valence-electron chi connectivity index (χ0n) is 6.63. The summed E-state index contributed by atoms with van der Waals surface area (Å²) < 4.78 is 0.976. The lowest BCUT2D eigenvalue weighted by Crippen LogP contribution is -2.28. The predicted octanol–water partition coefficient (Wildman–Crippen LogP) is 1.82. The van der Waals surface area contributed by atoms with Crippen molar-refractivity contribution in [3.05, 3.63) is 23.3 Å². The van der Waals surface area contributed by atoms with Crippen molar-refractivity contribution in [1.29, 1.82) is 0 Å². The molecule has 58 valence electrons. The maximum Gasteiger partial charge on any atom is 0.0343 e. The van der Waals surface area contributed by atoms with E-state index in [-0.39, 0.29) is 0 Å². The first-order chi connectivity index (χ1) is 4.57. The van der Waals surface area contributed by atoms with E-state index in [4.69, 9.17) is 0 Å². The lowest BCUT2D eigenvalue weighted by Gasteiger charge is -2.22. The third-order valence-corrected chi connectivity index (χ3v) is 1.66. The zero-order chi connectivity index (χ0) is 8.15. The molecule has 0 aliphatic rings. The van der Waals surface area contributed by atoms with E-state index in [1.807, 2.05) is 37.4 Å². The molecule has 0 amide bonds. The fourth-order valence-corrected chi connectivity index (χ4v) is 0.643. The highest BCUT2D eigenvalue weighted by molar-refractivity contribution is 9.11. The summed E-state index contributed by atoms with van der Waals surface area (Å²) in [6.45, 7) is 3.61. The van der Waals surface area contributed by atoms with Gasteiger partial charge in [-0.05, 0) is 15.9 Å². The second-order valence-electron chi connectivity index (χ2n) is 2.14. The second kappa shape index (κ2) is 4.52. The molecule has 0 aromatic heterocycles. The minimum Gasteiger partial charge on any atom is -0.316 e. The fourth-order valence-electron chi connectivity index (χ4n) is 0.347. The Balaban J connectivity index is 3.98. The molecule has 0 aliphatic carbocycles. The molecule has 3 heteroatoms. The smallest absolute Gasteiger partial charge is 0.0343 e. The summed E-state index contributed by atoms with van der Waals surface area (Å²) in [5.41, 5.74) is 0. The summed E-state index contributed by atoms with van der Waals surface area (Å²) in [7, 11) is 5.91. The van der Waals surface area contributed by atoms with Crippen LogP contribution in [-0.2, 0) is 0 Å². The fraction of sp³-hybridized carbons (Fsp3) is 0.429. The molecule has 0 fully saturated rings. The molecular formula is C7H13BrN2. The maximum absolute atomic E-state index is 3.61. The first-order valence-electron chi connectivity index (χ1n) is 2.97. The molecule has 0 bridgehead atoms. The number of nitrogens with zero attached hydrogens (tertiary/aromatic N) is 2. The largest absolute Gasteiger partial charge is 0.316 e. The molecule has 2 nitrogen and oxygen atoms in total. The van der Waals surface area contributed by atoms with Gasteiger partial charge in [0.1, 0.15) is 0 Å². The van der Waals surface area contributed by atoms with Gasteiger partial charge in [-0.1, -0.05) is 12.7 Å². The van der Waals surface area contributed by atoms with E-state index < -0.39 is 0 Å². The van der Waals surface area contributed by atoms with Gasteiger partial charge in [0.2, 0.25) is 0 Å². The minimum absolute atomic E-state index is 0.976. The molecule has 0 aromatic rings. The van der Waals surface area contributed by atoms with Crippen LogP contribution in [0.4, 0.5) is 0 Å². The summed E-state index contributed by atoms with van der Waals surface area (Å²) in [6.07, 6.45) is 3.69. The third-order valence-electron chi connectivity index (χ3n) is 1.14. The Labute approximate surface area is 70.9 Å². The molecule has 0 aliphatic heterocycles. The Bertz CT molecular complexity index is 141. The van der Waals surface area contributed by atoms with Crippen molar-refractivity contribution in [2.24, 2.45) is 0 Å². The third kappa shape index (κ3) is 3.69. The molecule has 0 aromatic carbocycles. The first-order valence-corrected chi connectivity index (χ1v) is 3.77. The summed E-state index contributed by atoms with van der Waals surface area (Å²) in [4.78, 5) is 0. The van der Waals surface area contributed by atoms with Crippen LogP contribution in [0.1, 0.15) is 0 Å². The minimum atomic E-state index is 0.976. The number of hydrogen-bond acceptors (Lipinski definition) is 2. The van der Waals surface area contributed by atoms with Crippen LogP contribution in [-0.4, -0.2) is 31.2 Å².